The quantitative estimate of drug-likeness (QED) is 0.431. The van der Waals surface area contributed by atoms with Gasteiger partial charge in [0, 0.05) is 39.3 Å². The first-order chi connectivity index (χ1) is 12.8. The molecular formula is C16H31Cl3N3O4P. The molecule has 0 aromatic heterocycles. The van der Waals surface area contributed by atoms with Gasteiger partial charge < -0.3 is 0 Å². The number of piperidine rings is 3. The van der Waals surface area contributed by atoms with Crippen LogP contribution in [0.4, 0.5) is 0 Å². The molecule has 0 N–H and O–H groups in total. The van der Waals surface area contributed by atoms with Gasteiger partial charge in [-0.1, -0.05) is 42.5 Å². The summed E-state index contributed by atoms with van der Waals surface area (Å²) in [6.45, 7) is 7.15. The first-order valence-corrected chi connectivity index (χ1v) is 13.6. The van der Waals surface area contributed by atoms with Crippen LogP contribution in [0.3, 0.4) is 0 Å². The molecule has 3 heterocycles. The topological polar surface area (TPSA) is 102 Å². The molecule has 27 heavy (non-hydrogen) atoms. The zero-order chi connectivity index (χ0) is 19.9. The molecule has 0 unspecified atom stereocenters. The molecule has 0 spiro atoms. The van der Waals surface area contributed by atoms with E-state index in [2.05, 4.69) is 14.0 Å². The van der Waals surface area contributed by atoms with Gasteiger partial charge in [0.1, 0.15) is 0 Å². The highest BCUT2D eigenvalue weighted by atomic mass is 35.7. The number of nitrogens with zero attached hydrogens (tertiary/aromatic N) is 3. The minimum absolute atomic E-state index is 0.262. The van der Waals surface area contributed by atoms with E-state index < -0.39 is 18.0 Å². The smallest absolute Gasteiger partial charge is 0.222 e. The minimum atomic E-state index is -4.94. The van der Waals surface area contributed by atoms with Gasteiger partial charge in [-0.15, -0.1) is 24.3 Å². The molecule has 11 heteroatoms. The molecule has 3 fully saturated rings. The molecule has 0 saturated carbocycles. The molecule has 3 aliphatic rings. The van der Waals surface area contributed by atoms with Crippen LogP contribution >= 0.6 is 30.9 Å². The van der Waals surface area contributed by atoms with Crippen molar-refractivity contribution in [1.82, 2.24) is 14.0 Å². The standard InChI is InChI=1S/C16H31Cl2N3P.ClHO4/c17-16(18)22(19-10-4-1-5-11-19,20-12-6-2-7-13-20)21-14-8-3-9-15-21;2-1(3,4)5/h16H,1-15H2;(H,2,3,4,5)/q+1;/p-1. The average molecular weight is 467 g/mol. The van der Waals surface area contributed by atoms with Crippen molar-refractivity contribution in [2.45, 2.75) is 62.4 Å². The molecule has 0 aromatic carbocycles. The molecule has 3 saturated heterocycles. The Morgan fingerprint density at radius 1 is 0.556 bits per heavy atom. The van der Waals surface area contributed by atoms with Crippen LogP contribution in [0.15, 0.2) is 0 Å². The molecular weight excluding hydrogens is 436 g/mol. The Morgan fingerprint density at radius 2 is 0.778 bits per heavy atom. The number of alkyl halides is 2. The van der Waals surface area contributed by atoms with Gasteiger partial charge in [0.15, 0.2) is 0 Å². The van der Waals surface area contributed by atoms with Gasteiger partial charge >= 0.3 is 0 Å². The van der Waals surface area contributed by atoms with Gasteiger partial charge in [0.2, 0.25) is 0 Å². The number of rotatable bonds is 4. The maximum absolute atomic E-state index is 8.49. The van der Waals surface area contributed by atoms with Crippen molar-refractivity contribution in [2.75, 3.05) is 39.3 Å². The number of hydrogen-bond acceptors (Lipinski definition) is 7. The second-order valence-electron chi connectivity index (χ2n) is 7.31. The maximum Gasteiger partial charge on any atom is 0.263 e. The Labute approximate surface area is 175 Å². The van der Waals surface area contributed by atoms with E-state index in [-0.39, 0.29) is 4.58 Å². The SMILES string of the molecule is ClC(Cl)[P+](N1CCCCC1)(N1CCCCC1)N1CCCCC1.[O-][Cl+3]([O-])([O-])[O-]. The van der Waals surface area contributed by atoms with E-state index in [1.807, 2.05) is 0 Å². The van der Waals surface area contributed by atoms with Crippen LogP contribution in [0, 0.1) is 10.2 Å². The third-order valence-electron chi connectivity index (χ3n) is 5.51. The molecule has 160 valence electrons. The molecule has 0 atom stereocenters. The molecule has 0 bridgehead atoms. The molecule has 0 aromatic rings. The lowest BCUT2D eigenvalue weighted by Crippen LogP contribution is -2.68. The fourth-order valence-electron chi connectivity index (χ4n) is 4.42. The average Bonchev–Trinajstić information content (AvgIpc) is 2.63. The summed E-state index contributed by atoms with van der Waals surface area (Å²) in [6, 6.07) is 0. The summed E-state index contributed by atoms with van der Waals surface area (Å²) >= 11 is 13.6. The Balaban J connectivity index is 0.000000465. The number of hydrogen-bond donors (Lipinski definition) is 0. The van der Waals surface area contributed by atoms with Crippen molar-refractivity contribution in [2.24, 2.45) is 0 Å². The molecule has 7 nitrogen and oxygen atoms in total. The molecule has 3 rings (SSSR count). The summed E-state index contributed by atoms with van der Waals surface area (Å²) in [5.41, 5.74) is 0. The Kier molecular flexibility index (Phi) is 10.3. The van der Waals surface area contributed by atoms with Crippen molar-refractivity contribution < 1.29 is 28.9 Å². The predicted octanol–water partition coefficient (Wildman–Crippen LogP) is 0.212. The van der Waals surface area contributed by atoms with Crippen molar-refractivity contribution in [3.8, 4) is 0 Å². The highest BCUT2D eigenvalue weighted by Crippen LogP contribution is 2.74. The van der Waals surface area contributed by atoms with Crippen molar-refractivity contribution >= 4 is 30.9 Å². The van der Waals surface area contributed by atoms with Crippen LogP contribution < -0.4 is 18.6 Å². The van der Waals surface area contributed by atoms with Crippen molar-refractivity contribution in [1.29, 1.82) is 0 Å². The maximum atomic E-state index is 8.49. The Morgan fingerprint density at radius 3 is 0.963 bits per heavy atom. The lowest BCUT2D eigenvalue weighted by molar-refractivity contribution is -2.00. The summed E-state index contributed by atoms with van der Waals surface area (Å²) in [6.07, 6.45) is 12.0. The van der Waals surface area contributed by atoms with Crippen LogP contribution in [0.25, 0.3) is 0 Å². The highest BCUT2D eigenvalue weighted by Gasteiger charge is 2.61. The van der Waals surface area contributed by atoms with Crippen LogP contribution in [-0.4, -0.2) is 57.9 Å². The van der Waals surface area contributed by atoms with E-state index in [0.717, 1.165) is 0 Å². The van der Waals surface area contributed by atoms with Crippen LogP contribution in [0.5, 0.6) is 0 Å². The van der Waals surface area contributed by atoms with Crippen molar-refractivity contribution in [3.05, 3.63) is 0 Å². The normalized spacial score (nSPS) is 24.6. The van der Waals surface area contributed by atoms with Gasteiger partial charge in [0.05, 0.1) is 0 Å². The van der Waals surface area contributed by atoms with Gasteiger partial charge in [-0.3, -0.25) is 0 Å². The fraction of sp³-hybridized carbons (Fsp3) is 1.00. The second kappa shape index (κ2) is 11.4. The first-order valence-electron chi connectivity index (χ1n) is 9.81. The van der Waals surface area contributed by atoms with E-state index in [9.17, 15) is 0 Å². The summed E-state index contributed by atoms with van der Waals surface area (Å²) in [7, 11) is -6.71. The van der Waals surface area contributed by atoms with Gasteiger partial charge in [-0.25, -0.2) is 18.6 Å². The summed E-state index contributed by atoms with van der Waals surface area (Å²) in [4.78, 5) is 0. The van der Waals surface area contributed by atoms with Crippen LogP contribution in [0.1, 0.15) is 57.8 Å². The molecule has 0 radical (unpaired) electrons. The Bertz CT molecular complexity index is 376. The van der Waals surface area contributed by atoms with Gasteiger partial charge in [0.25, 0.3) is 12.3 Å². The zero-order valence-corrected chi connectivity index (χ0v) is 18.9. The highest BCUT2D eigenvalue weighted by molar-refractivity contribution is 7.73. The van der Waals surface area contributed by atoms with E-state index in [1.165, 1.54) is 97.1 Å². The van der Waals surface area contributed by atoms with Crippen LogP contribution in [-0.2, 0) is 0 Å². The number of halogens is 3. The van der Waals surface area contributed by atoms with E-state index in [4.69, 9.17) is 41.8 Å². The van der Waals surface area contributed by atoms with E-state index in [1.54, 1.807) is 0 Å². The summed E-state index contributed by atoms with van der Waals surface area (Å²) in [5, 5.41) is 0. The minimum Gasteiger partial charge on any atom is -0.222 e. The van der Waals surface area contributed by atoms with Gasteiger partial charge in [-0.05, 0) is 38.5 Å². The Hall–Kier alpha value is 1.02. The summed E-state index contributed by atoms with van der Waals surface area (Å²) < 4.78 is 41.9. The second-order valence-corrected chi connectivity index (χ2v) is 13.2. The van der Waals surface area contributed by atoms with Crippen LogP contribution in [0.2, 0.25) is 0 Å². The molecule has 0 amide bonds. The summed E-state index contributed by atoms with van der Waals surface area (Å²) in [5.74, 6) is 0. The fourth-order valence-corrected chi connectivity index (χ4v) is 11.1. The largest absolute Gasteiger partial charge is 0.263 e. The predicted molar refractivity (Wildman–Crippen MR) is 98.7 cm³/mol. The molecule has 0 aliphatic carbocycles. The lowest BCUT2D eigenvalue weighted by atomic mass is 10.2. The monoisotopic (exact) mass is 465 g/mol. The first kappa shape index (κ1) is 24.3. The van der Waals surface area contributed by atoms with Gasteiger partial charge in [-0.2, -0.15) is 0 Å². The zero-order valence-electron chi connectivity index (χ0n) is 15.7. The third-order valence-corrected chi connectivity index (χ3v) is 11.3. The van der Waals surface area contributed by atoms with Crippen molar-refractivity contribution in [3.63, 3.8) is 0 Å². The molecule has 3 aliphatic heterocycles. The third kappa shape index (κ3) is 7.04. The lowest BCUT2D eigenvalue weighted by Gasteiger charge is -2.51. The van der Waals surface area contributed by atoms with E-state index >= 15 is 0 Å². The van der Waals surface area contributed by atoms with E-state index in [0.29, 0.717) is 0 Å².